The lowest BCUT2D eigenvalue weighted by molar-refractivity contribution is 0.112. The smallest absolute Gasteiger partial charge is 0.153 e. The predicted molar refractivity (Wildman–Crippen MR) is 89.9 cm³/mol. The Labute approximate surface area is 138 Å². The molecule has 0 aliphatic heterocycles. The molecular formula is C21H26O2. The molecule has 4 saturated carbocycles. The standard InChI is InChI=1S/C21H26O2/c22-11-16-5-6-17(18-9-12-1-3-14(18)7-12)20(21(16)23)19-10-13-2-4-15(19)8-13/h5-6,11-15,18-19,23H,1-4,7-10H2. The van der Waals surface area contributed by atoms with Crippen LogP contribution in [0, 0.1) is 23.7 Å². The van der Waals surface area contributed by atoms with Gasteiger partial charge in [-0.05, 0) is 85.7 Å². The van der Waals surface area contributed by atoms with Gasteiger partial charge < -0.3 is 5.11 Å². The predicted octanol–water partition coefficient (Wildman–Crippen LogP) is 5.01. The molecule has 4 aliphatic carbocycles. The highest BCUT2D eigenvalue weighted by Crippen LogP contribution is 2.59. The Morgan fingerprint density at radius 1 is 0.870 bits per heavy atom. The van der Waals surface area contributed by atoms with Gasteiger partial charge in [-0.25, -0.2) is 0 Å². The van der Waals surface area contributed by atoms with Gasteiger partial charge in [-0.15, -0.1) is 0 Å². The number of benzene rings is 1. The Kier molecular flexibility index (Phi) is 3.11. The van der Waals surface area contributed by atoms with E-state index in [2.05, 4.69) is 6.07 Å². The first-order chi connectivity index (χ1) is 11.2. The molecule has 5 rings (SSSR count). The Balaban J connectivity index is 1.60. The number of phenolic OH excluding ortho intramolecular Hbond substituents is 1. The van der Waals surface area contributed by atoms with Gasteiger partial charge >= 0.3 is 0 Å². The largest absolute Gasteiger partial charge is 0.507 e. The van der Waals surface area contributed by atoms with Crippen LogP contribution in [-0.4, -0.2) is 11.4 Å². The van der Waals surface area contributed by atoms with Crippen LogP contribution in [0.5, 0.6) is 5.75 Å². The zero-order valence-corrected chi connectivity index (χ0v) is 13.7. The second-order valence-electron chi connectivity index (χ2n) is 8.69. The minimum atomic E-state index is 0.317. The van der Waals surface area contributed by atoms with Gasteiger partial charge in [0.2, 0.25) is 0 Å². The van der Waals surface area contributed by atoms with E-state index >= 15 is 0 Å². The summed E-state index contributed by atoms with van der Waals surface area (Å²) in [6, 6.07) is 4.05. The zero-order chi connectivity index (χ0) is 15.6. The quantitative estimate of drug-likeness (QED) is 0.797. The van der Waals surface area contributed by atoms with Crippen molar-refractivity contribution in [1.29, 1.82) is 0 Å². The molecule has 0 aromatic heterocycles. The maximum atomic E-state index is 11.4. The zero-order valence-electron chi connectivity index (χ0n) is 13.7. The average molecular weight is 310 g/mol. The molecule has 122 valence electrons. The molecule has 4 aliphatic rings. The highest BCUT2D eigenvalue weighted by Gasteiger charge is 2.46. The van der Waals surface area contributed by atoms with E-state index in [1.807, 2.05) is 6.07 Å². The number of carbonyl (C=O) groups excluding carboxylic acids is 1. The van der Waals surface area contributed by atoms with E-state index in [4.69, 9.17) is 0 Å². The molecule has 1 aromatic rings. The van der Waals surface area contributed by atoms with E-state index in [0.717, 1.165) is 30.0 Å². The first-order valence-corrected chi connectivity index (χ1v) is 9.55. The minimum absolute atomic E-state index is 0.317. The van der Waals surface area contributed by atoms with Crippen molar-refractivity contribution in [2.45, 2.75) is 63.2 Å². The lowest BCUT2D eigenvalue weighted by Crippen LogP contribution is -2.16. The number of phenols is 1. The Morgan fingerprint density at radius 2 is 1.52 bits per heavy atom. The highest BCUT2D eigenvalue weighted by molar-refractivity contribution is 5.80. The van der Waals surface area contributed by atoms with Crippen LogP contribution in [0.15, 0.2) is 12.1 Å². The normalized spacial score (nSPS) is 40.9. The number of carbonyl (C=O) groups is 1. The lowest BCUT2D eigenvalue weighted by atomic mass is 9.74. The highest BCUT2D eigenvalue weighted by atomic mass is 16.3. The molecule has 6 unspecified atom stereocenters. The van der Waals surface area contributed by atoms with Crippen LogP contribution in [0.25, 0.3) is 0 Å². The third-order valence-electron chi connectivity index (χ3n) is 7.66. The number of aldehydes is 1. The maximum Gasteiger partial charge on any atom is 0.153 e. The fourth-order valence-corrected chi connectivity index (χ4v) is 6.67. The SMILES string of the molecule is O=Cc1ccc(C2CC3CCC2C3)c(C2CC3CCC2C3)c1O. The molecular weight excluding hydrogens is 284 g/mol. The van der Waals surface area contributed by atoms with E-state index in [0.29, 0.717) is 23.1 Å². The van der Waals surface area contributed by atoms with Gasteiger partial charge in [0, 0.05) is 5.56 Å². The molecule has 0 radical (unpaired) electrons. The number of rotatable bonds is 3. The van der Waals surface area contributed by atoms with Gasteiger partial charge in [-0.3, -0.25) is 4.79 Å². The third-order valence-corrected chi connectivity index (χ3v) is 7.66. The van der Waals surface area contributed by atoms with Crippen molar-refractivity contribution in [2.24, 2.45) is 23.7 Å². The summed E-state index contributed by atoms with van der Waals surface area (Å²) in [5.41, 5.74) is 3.08. The van der Waals surface area contributed by atoms with Crippen molar-refractivity contribution in [2.75, 3.05) is 0 Å². The Morgan fingerprint density at radius 3 is 2.04 bits per heavy atom. The third kappa shape index (κ3) is 2.03. The summed E-state index contributed by atoms with van der Waals surface area (Å²) in [6.45, 7) is 0. The van der Waals surface area contributed by atoms with Crippen molar-refractivity contribution in [3.63, 3.8) is 0 Å². The van der Waals surface area contributed by atoms with E-state index in [1.165, 1.54) is 62.5 Å². The second kappa shape index (κ2) is 5.09. The van der Waals surface area contributed by atoms with Crippen LogP contribution >= 0.6 is 0 Å². The van der Waals surface area contributed by atoms with Crippen LogP contribution in [0.2, 0.25) is 0 Å². The van der Waals surface area contributed by atoms with E-state index in [1.54, 1.807) is 0 Å². The van der Waals surface area contributed by atoms with Crippen molar-refractivity contribution < 1.29 is 9.90 Å². The van der Waals surface area contributed by atoms with E-state index in [9.17, 15) is 9.90 Å². The molecule has 2 nitrogen and oxygen atoms in total. The summed E-state index contributed by atoms with van der Waals surface area (Å²) < 4.78 is 0. The summed E-state index contributed by atoms with van der Waals surface area (Å²) in [6.07, 6.45) is 11.5. The van der Waals surface area contributed by atoms with Crippen molar-refractivity contribution in [3.05, 3.63) is 28.8 Å². The summed E-state index contributed by atoms with van der Waals surface area (Å²) >= 11 is 0. The maximum absolute atomic E-state index is 11.4. The molecule has 1 aromatic carbocycles. The molecule has 23 heavy (non-hydrogen) atoms. The molecule has 4 fully saturated rings. The first kappa shape index (κ1) is 14.1. The van der Waals surface area contributed by atoms with Crippen LogP contribution in [-0.2, 0) is 0 Å². The van der Waals surface area contributed by atoms with Gasteiger partial charge in [0.25, 0.3) is 0 Å². The van der Waals surface area contributed by atoms with Crippen LogP contribution < -0.4 is 0 Å². The number of fused-ring (bicyclic) bond motifs is 4. The van der Waals surface area contributed by atoms with Gasteiger partial charge in [-0.1, -0.05) is 18.9 Å². The van der Waals surface area contributed by atoms with E-state index < -0.39 is 0 Å². The molecule has 0 amide bonds. The van der Waals surface area contributed by atoms with Crippen molar-refractivity contribution in [1.82, 2.24) is 0 Å². The molecule has 2 heteroatoms. The molecule has 0 saturated heterocycles. The molecule has 6 atom stereocenters. The average Bonchev–Trinajstić information content (AvgIpc) is 3.34. The minimum Gasteiger partial charge on any atom is -0.507 e. The monoisotopic (exact) mass is 310 g/mol. The van der Waals surface area contributed by atoms with Gasteiger partial charge in [-0.2, -0.15) is 0 Å². The van der Waals surface area contributed by atoms with Gasteiger partial charge in [0.05, 0.1) is 5.56 Å². The van der Waals surface area contributed by atoms with Crippen LogP contribution in [0.3, 0.4) is 0 Å². The summed E-state index contributed by atoms with van der Waals surface area (Å²) in [5.74, 6) is 4.78. The number of hydrogen-bond donors (Lipinski definition) is 1. The van der Waals surface area contributed by atoms with Gasteiger partial charge in [0.15, 0.2) is 6.29 Å². The fourth-order valence-electron chi connectivity index (χ4n) is 6.67. The molecule has 0 spiro atoms. The summed E-state index contributed by atoms with van der Waals surface area (Å²) in [5, 5.41) is 10.9. The van der Waals surface area contributed by atoms with Crippen molar-refractivity contribution >= 4 is 6.29 Å². The van der Waals surface area contributed by atoms with Crippen molar-refractivity contribution in [3.8, 4) is 5.75 Å². The first-order valence-electron chi connectivity index (χ1n) is 9.55. The Bertz CT molecular complexity index is 649. The summed E-state index contributed by atoms with van der Waals surface area (Å²) in [4.78, 5) is 11.4. The topological polar surface area (TPSA) is 37.3 Å². The summed E-state index contributed by atoms with van der Waals surface area (Å²) in [7, 11) is 0. The number of hydrogen-bond acceptors (Lipinski definition) is 2. The fraction of sp³-hybridized carbons (Fsp3) is 0.667. The van der Waals surface area contributed by atoms with E-state index in [-0.39, 0.29) is 0 Å². The van der Waals surface area contributed by atoms with Crippen LogP contribution in [0.1, 0.15) is 84.7 Å². The number of aromatic hydroxyl groups is 1. The molecule has 1 N–H and O–H groups in total. The lowest BCUT2D eigenvalue weighted by Gasteiger charge is -2.31. The Hall–Kier alpha value is -1.31. The van der Waals surface area contributed by atoms with Gasteiger partial charge in [0.1, 0.15) is 5.75 Å². The van der Waals surface area contributed by atoms with Crippen LogP contribution in [0.4, 0.5) is 0 Å². The molecule has 4 bridgehead atoms. The molecule has 0 heterocycles. The second-order valence-corrected chi connectivity index (χ2v) is 8.69.